The summed E-state index contributed by atoms with van der Waals surface area (Å²) in [5.74, 6) is 0.849. The van der Waals surface area contributed by atoms with E-state index in [4.69, 9.17) is 25.5 Å². The first-order valence-corrected chi connectivity index (χ1v) is 18.6. The van der Waals surface area contributed by atoms with Crippen molar-refractivity contribution < 1.29 is 24.2 Å². The molecular weight excluding hydrogens is 598 g/mol. The molecule has 1 atom stereocenters. The first-order valence-electron chi connectivity index (χ1n) is 15.3. The van der Waals surface area contributed by atoms with Gasteiger partial charge < -0.3 is 13.9 Å². The number of aromatic nitrogens is 3. The number of carbonyl (C=O) groups excluding carboxylic acids is 1. The predicted molar refractivity (Wildman–Crippen MR) is 176 cm³/mol. The Hall–Kier alpha value is -3.03. The fraction of sp³-hybridized carbons (Fsp3) is 0.548. The molecular formula is C31H47ClN7O4Si. The number of amides is 1. The van der Waals surface area contributed by atoms with Crippen molar-refractivity contribution in [2.45, 2.75) is 90.8 Å². The zero-order valence-electron chi connectivity index (χ0n) is 27.2. The van der Waals surface area contributed by atoms with Crippen molar-refractivity contribution in [2.75, 3.05) is 25.1 Å². The quantitative estimate of drug-likeness (QED) is 0.195. The zero-order chi connectivity index (χ0) is 31.9. The van der Waals surface area contributed by atoms with Gasteiger partial charge in [-0.1, -0.05) is 32.4 Å². The molecule has 2 aromatic heterocycles. The molecule has 2 aliphatic rings. The molecule has 1 unspecified atom stereocenters. The summed E-state index contributed by atoms with van der Waals surface area (Å²) in [5, 5.41) is 11.2. The second-order valence-electron chi connectivity index (χ2n) is 14.1. The Morgan fingerprint density at radius 2 is 1.98 bits per heavy atom. The van der Waals surface area contributed by atoms with Gasteiger partial charge in [0.1, 0.15) is 18.0 Å². The van der Waals surface area contributed by atoms with Crippen LogP contribution in [0.5, 0.6) is 0 Å². The topological polar surface area (TPSA) is 111 Å². The number of nitrogens with one attached hydrogen (secondary N) is 2. The Balaban J connectivity index is 1.50. The lowest BCUT2D eigenvalue weighted by Gasteiger charge is -2.48. The van der Waals surface area contributed by atoms with Crippen LogP contribution in [0, 0.1) is 0 Å². The molecule has 5 rings (SSSR count). The van der Waals surface area contributed by atoms with Crippen molar-refractivity contribution in [1.29, 1.82) is 0 Å². The monoisotopic (exact) mass is 644 g/mol. The summed E-state index contributed by atoms with van der Waals surface area (Å²) >= 11 is 6.65. The molecule has 0 radical (unpaired) electrons. The SMILES string of the molecule is CC(C)(C)OC(=O)Nc1cc(Cl)cc2c1c(-c1cnn(C3CCCCO3)c1)cn2C1=CN(CCO[Si-](C)(C)C(C)(C)C)[NH2+]N1. The van der Waals surface area contributed by atoms with Gasteiger partial charge in [0.15, 0.2) is 5.82 Å². The molecule has 2 aliphatic heterocycles. The fourth-order valence-electron chi connectivity index (χ4n) is 5.09. The molecule has 1 aromatic carbocycles. The van der Waals surface area contributed by atoms with E-state index in [-0.39, 0.29) is 11.3 Å². The number of carbonyl (C=O) groups is 1. The second kappa shape index (κ2) is 12.4. The van der Waals surface area contributed by atoms with Gasteiger partial charge in [-0.25, -0.2) is 14.5 Å². The molecule has 13 heteroatoms. The molecule has 1 fully saturated rings. The van der Waals surface area contributed by atoms with E-state index in [9.17, 15) is 4.79 Å². The second-order valence-corrected chi connectivity index (χ2v) is 19.3. The molecule has 0 spiro atoms. The molecule has 3 aromatic rings. The average Bonchev–Trinajstić information content (AvgIpc) is 3.66. The highest BCUT2D eigenvalue weighted by Gasteiger charge is 2.27. The van der Waals surface area contributed by atoms with E-state index in [0.717, 1.165) is 60.3 Å². The van der Waals surface area contributed by atoms with Crippen LogP contribution in [-0.2, 0) is 13.9 Å². The molecule has 4 N–H and O–H groups in total. The van der Waals surface area contributed by atoms with Crippen LogP contribution < -0.4 is 16.3 Å². The maximum absolute atomic E-state index is 12.9. The first-order chi connectivity index (χ1) is 20.6. The van der Waals surface area contributed by atoms with Crippen molar-refractivity contribution in [3.05, 3.63) is 41.9 Å². The highest BCUT2D eigenvalue weighted by atomic mass is 35.5. The van der Waals surface area contributed by atoms with Gasteiger partial charge in [0, 0.05) is 47.1 Å². The van der Waals surface area contributed by atoms with E-state index in [2.05, 4.69) is 65.5 Å². The summed E-state index contributed by atoms with van der Waals surface area (Å²) < 4.78 is 21.9. The standard InChI is InChI=1S/C31H46ClN7O4Si/c1-30(2,3)43-29(40)34-24-15-22(32)16-25-28(24)23(21-17-33-39(18-21)27-11-9-10-13-41-27)19-38(25)26-20-37(36-35-26)12-14-42-44(7,8)31(4,5)6/h15-20,27,35-36H,9-14H2,1-8H3,(H,34,40)/q-1/p+1. The number of quaternary nitrogens is 1. The summed E-state index contributed by atoms with van der Waals surface area (Å²) in [6, 6.07) is 3.66. The van der Waals surface area contributed by atoms with Crippen LogP contribution in [-0.4, -0.2) is 59.1 Å². The van der Waals surface area contributed by atoms with Crippen molar-refractivity contribution >= 4 is 48.4 Å². The minimum atomic E-state index is -1.84. The Morgan fingerprint density at radius 1 is 1.20 bits per heavy atom. The van der Waals surface area contributed by atoms with E-state index in [1.54, 1.807) is 6.07 Å². The number of hydrogen-bond donors (Lipinski definition) is 3. The smallest absolute Gasteiger partial charge is 0.412 e. The highest BCUT2D eigenvalue weighted by molar-refractivity contribution is 6.74. The third kappa shape index (κ3) is 7.26. The van der Waals surface area contributed by atoms with Crippen molar-refractivity contribution in [3.63, 3.8) is 0 Å². The maximum Gasteiger partial charge on any atom is 0.412 e. The zero-order valence-corrected chi connectivity index (χ0v) is 28.9. The van der Waals surface area contributed by atoms with Gasteiger partial charge in [0.2, 0.25) is 0 Å². The summed E-state index contributed by atoms with van der Waals surface area (Å²) in [5.41, 5.74) is 7.88. The Labute approximate surface area is 265 Å². The molecule has 44 heavy (non-hydrogen) atoms. The molecule has 0 aliphatic carbocycles. The predicted octanol–water partition coefficient (Wildman–Crippen LogP) is 6.28. The number of rotatable bonds is 8. The molecule has 11 nitrogen and oxygen atoms in total. The maximum atomic E-state index is 12.9. The van der Waals surface area contributed by atoms with Crippen LogP contribution in [0.1, 0.15) is 67.0 Å². The summed E-state index contributed by atoms with van der Waals surface area (Å²) in [7, 11) is -1.84. The largest absolute Gasteiger partial charge is 0.563 e. The molecule has 4 heterocycles. The van der Waals surface area contributed by atoms with E-state index >= 15 is 0 Å². The minimum Gasteiger partial charge on any atom is -0.563 e. The van der Waals surface area contributed by atoms with Crippen LogP contribution in [0.3, 0.4) is 0 Å². The van der Waals surface area contributed by atoms with Crippen LogP contribution in [0.15, 0.2) is 36.9 Å². The number of nitrogens with two attached hydrogens (primary N) is 1. The minimum absolute atomic E-state index is 0.0874. The molecule has 1 saturated heterocycles. The van der Waals surface area contributed by atoms with Crippen LogP contribution in [0.2, 0.25) is 23.2 Å². The van der Waals surface area contributed by atoms with E-state index < -0.39 is 20.0 Å². The molecule has 0 bridgehead atoms. The van der Waals surface area contributed by atoms with Gasteiger partial charge in [-0.3, -0.25) is 9.88 Å². The highest BCUT2D eigenvalue weighted by Crippen LogP contribution is 2.40. The van der Waals surface area contributed by atoms with E-state index in [1.807, 2.05) is 55.6 Å². The van der Waals surface area contributed by atoms with Crippen LogP contribution >= 0.6 is 11.6 Å². The third-order valence-corrected chi connectivity index (χ3v) is 13.2. The fourth-order valence-corrected chi connectivity index (χ4v) is 6.34. The lowest BCUT2D eigenvalue weighted by Crippen LogP contribution is -2.97. The molecule has 1 amide bonds. The van der Waals surface area contributed by atoms with Gasteiger partial charge >= 0.3 is 6.09 Å². The van der Waals surface area contributed by atoms with Crippen molar-refractivity contribution in [2.24, 2.45) is 0 Å². The van der Waals surface area contributed by atoms with Gasteiger partial charge in [-0.2, -0.15) is 10.5 Å². The summed E-state index contributed by atoms with van der Waals surface area (Å²) in [4.78, 5) is 12.9. The number of anilines is 1. The molecule has 241 valence electrons. The Morgan fingerprint density at radius 3 is 2.66 bits per heavy atom. The third-order valence-electron chi connectivity index (χ3n) is 8.41. The average molecular weight is 645 g/mol. The van der Waals surface area contributed by atoms with Gasteiger partial charge in [0.05, 0.1) is 23.9 Å². The van der Waals surface area contributed by atoms with Crippen LogP contribution in [0.25, 0.3) is 27.9 Å². The normalized spacial score (nSPS) is 18.0. The van der Waals surface area contributed by atoms with Gasteiger partial charge in [-0.15, -0.1) is 23.7 Å². The summed E-state index contributed by atoms with van der Waals surface area (Å²) in [6.07, 6.45) is 10.4. The van der Waals surface area contributed by atoms with Gasteiger partial charge in [-0.05, 0) is 60.5 Å². The lowest BCUT2D eigenvalue weighted by molar-refractivity contribution is -0.820. The molecule has 0 saturated carbocycles. The number of halogens is 1. The number of fused-ring (bicyclic) bond motifs is 1. The first kappa shape index (κ1) is 32.4. The van der Waals surface area contributed by atoms with E-state index in [1.165, 1.54) is 0 Å². The van der Waals surface area contributed by atoms with Gasteiger partial charge in [0.25, 0.3) is 0 Å². The Bertz CT molecular complexity index is 1530. The van der Waals surface area contributed by atoms with Crippen molar-refractivity contribution in [1.82, 2.24) is 24.8 Å². The Kier molecular flexibility index (Phi) is 9.12. The number of hydrogen-bond acceptors (Lipinski definition) is 7. The van der Waals surface area contributed by atoms with Crippen molar-refractivity contribution in [3.8, 4) is 11.1 Å². The number of ether oxygens (including phenoxy) is 2. The van der Waals surface area contributed by atoms with E-state index in [0.29, 0.717) is 17.3 Å². The van der Waals surface area contributed by atoms with Crippen LogP contribution in [0.4, 0.5) is 10.5 Å². The number of benzene rings is 1. The number of nitrogens with zero attached hydrogens (tertiary/aromatic N) is 4. The summed E-state index contributed by atoms with van der Waals surface area (Å²) in [6.45, 7) is 18.9. The lowest BCUT2D eigenvalue weighted by atomic mass is 10.1.